The first kappa shape index (κ1) is 23.0. The number of carbonyl (C=O) groups is 2. The third-order valence-electron chi connectivity index (χ3n) is 5.04. The van der Waals surface area contributed by atoms with E-state index < -0.39 is 6.10 Å². The van der Waals surface area contributed by atoms with Gasteiger partial charge in [0.25, 0.3) is 11.8 Å². The van der Waals surface area contributed by atoms with E-state index in [1.54, 1.807) is 53.1 Å². The van der Waals surface area contributed by atoms with Crippen LogP contribution in [0.1, 0.15) is 17.3 Å². The summed E-state index contributed by atoms with van der Waals surface area (Å²) in [5.74, 6) is 1.13. The van der Waals surface area contributed by atoms with Gasteiger partial charge in [-0.15, -0.1) is 0 Å². The molecule has 1 atom stereocenters. The Kier molecular flexibility index (Phi) is 7.51. The third-order valence-corrected chi connectivity index (χ3v) is 5.85. The average molecular weight is 467 g/mol. The van der Waals surface area contributed by atoms with Gasteiger partial charge in [-0.1, -0.05) is 29.3 Å². The normalized spacial score (nSPS) is 14.7. The van der Waals surface area contributed by atoms with Crippen LogP contribution in [0.3, 0.4) is 0 Å². The van der Waals surface area contributed by atoms with Crippen molar-refractivity contribution >= 4 is 35.0 Å². The molecular formula is C22H24Cl2N2O5. The molecule has 3 rings (SSSR count). The number of halogens is 2. The number of amides is 2. The molecule has 2 amide bonds. The molecule has 1 heterocycles. The Labute approximate surface area is 191 Å². The zero-order valence-corrected chi connectivity index (χ0v) is 19.1. The summed E-state index contributed by atoms with van der Waals surface area (Å²) < 4.78 is 16.2. The topological polar surface area (TPSA) is 68.3 Å². The van der Waals surface area contributed by atoms with Crippen LogP contribution in [0.25, 0.3) is 0 Å². The van der Waals surface area contributed by atoms with Crippen molar-refractivity contribution in [1.29, 1.82) is 0 Å². The molecule has 0 bridgehead atoms. The molecule has 166 valence electrons. The van der Waals surface area contributed by atoms with Gasteiger partial charge in [0, 0.05) is 37.8 Å². The van der Waals surface area contributed by atoms with Crippen molar-refractivity contribution in [2.75, 3.05) is 40.4 Å². The second-order valence-electron chi connectivity index (χ2n) is 7.03. The van der Waals surface area contributed by atoms with Crippen LogP contribution in [-0.4, -0.2) is 68.1 Å². The van der Waals surface area contributed by atoms with Gasteiger partial charge in [0.05, 0.1) is 19.2 Å². The quantitative estimate of drug-likeness (QED) is 0.647. The van der Waals surface area contributed by atoms with Crippen LogP contribution in [0.15, 0.2) is 36.4 Å². The lowest BCUT2D eigenvalue weighted by Gasteiger charge is -2.36. The number of methoxy groups -OCH3 is 2. The maximum atomic E-state index is 12.9. The molecule has 1 aliphatic heterocycles. The molecule has 9 heteroatoms. The van der Waals surface area contributed by atoms with E-state index in [9.17, 15) is 9.59 Å². The lowest BCUT2D eigenvalue weighted by molar-refractivity contribution is -0.139. The molecule has 0 N–H and O–H groups in total. The van der Waals surface area contributed by atoms with Crippen LogP contribution >= 0.6 is 23.2 Å². The summed E-state index contributed by atoms with van der Waals surface area (Å²) in [5, 5.41) is 0.632. The monoisotopic (exact) mass is 466 g/mol. The second kappa shape index (κ2) is 10.1. The largest absolute Gasteiger partial charge is 0.497 e. The van der Waals surface area contributed by atoms with Crippen molar-refractivity contribution in [3.8, 4) is 17.2 Å². The van der Waals surface area contributed by atoms with Crippen molar-refractivity contribution in [3.63, 3.8) is 0 Å². The van der Waals surface area contributed by atoms with Crippen LogP contribution in [0.5, 0.6) is 17.2 Å². The minimum Gasteiger partial charge on any atom is -0.497 e. The van der Waals surface area contributed by atoms with Gasteiger partial charge in [0.15, 0.2) is 6.10 Å². The zero-order valence-electron chi connectivity index (χ0n) is 17.6. The van der Waals surface area contributed by atoms with E-state index in [0.717, 1.165) is 0 Å². The minimum absolute atomic E-state index is 0.140. The van der Waals surface area contributed by atoms with E-state index in [1.165, 1.54) is 14.2 Å². The highest BCUT2D eigenvalue weighted by Gasteiger charge is 2.29. The van der Waals surface area contributed by atoms with E-state index in [0.29, 0.717) is 54.0 Å². The summed E-state index contributed by atoms with van der Waals surface area (Å²) in [4.78, 5) is 29.1. The molecule has 0 aromatic heterocycles. The highest BCUT2D eigenvalue weighted by molar-refractivity contribution is 6.42. The van der Waals surface area contributed by atoms with Crippen molar-refractivity contribution in [3.05, 3.63) is 52.0 Å². The molecule has 0 aliphatic carbocycles. The maximum absolute atomic E-state index is 12.9. The molecule has 1 fully saturated rings. The van der Waals surface area contributed by atoms with Gasteiger partial charge < -0.3 is 24.0 Å². The van der Waals surface area contributed by atoms with Gasteiger partial charge in [-0.3, -0.25) is 9.59 Å². The van der Waals surface area contributed by atoms with Gasteiger partial charge >= 0.3 is 0 Å². The van der Waals surface area contributed by atoms with E-state index in [1.807, 2.05) is 0 Å². The van der Waals surface area contributed by atoms with Gasteiger partial charge in [-0.2, -0.15) is 0 Å². The Morgan fingerprint density at radius 3 is 2.10 bits per heavy atom. The fourth-order valence-electron chi connectivity index (χ4n) is 3.32. The number of benzene rings is 2. The van der Waals surface area contributed by atoms with Crippen molar-refractivity contribution in [2.24, 2.45) is 0 Å². The maximum Gasteiger partial charge on any atom is 0.263 e. The highest BCUT2D eigenvalue weighted by Crippen LogP contribution is 2.32. The average Bonchev–Trinajstić information content (AvgIpc) is 2.80. The molecule has 0 spiro atoms. The summed E-state index contributed by atoms with van der Waals surface area (Å²) in [6, 6.07) is 10.1. The molecule has 0 saturated carbocycles. The number of hydrogen-bond donors (Lipinski definition) is 0. The molecule has 1 aliphatic rings. The molecule has 1 unspecified atom stereocenters. The van der Waals surface area contributed by atoms with Crippen LogP contribution in [0.4, 0.5) is 0 Å². The van der Waals surface area contributed by atoms with Crippen molar-refractivity contribution < 1.29 is 23.8 Å². The predicted octanol–water partition coefficient (Wildman–Crippen LogP) is 3.76. The summed E-state index contributed by atoms with van der Waals surface area (Å²) in [5.41, 5.74) is 0.475. The van der Waals surface area contributed by atoms with E-state index in [-0.39, 0.29) is 16.8 Å². The summed E-state index contributed by atoms with van der Waals surface area (Å²) in [6.45, 7) is 3.30. The van der Waals surface area contributed by atoms with Crippen molar-refractivity contribution in [1.82, 2.24) is 9.80 Å². The summed E-state index contributed by atoms with van der Waals surface area (Å²) >= 11 is 12.1. The molecule has 1 saturated heterocycles. The van der Waals surface area contributed by atoms with Gasteiger partial charge in [-0.25, -0.2) is 0 Å². The third kappa shape index (κ3) is 5.35. The van der Waals surface area contributed by atoms with Crippen LogP contribution in [-0.2, 0) is 4.79 Å². The Balaban J connectivity index is 1.60. The lowest BCUT2D eigenvalue weighted by Crippen LogP contribution is -2.53. The van der Waals surface area contributed by atoms with Crippen LogP contribution in [0, 0.1) is 0 Å². The predicted molar refractivity (Wildman–Crippen MR) is 119 cm³/mol. The summed E-state index contributed by atoms with van der Waals surface area (Å²) in [6.07, 6.45) is -0.735. The number of ether oxygens (including phenoxy) is 3. The number of nitrogens with zero attached hydrogens (tertiary/aromatic N) is 2. The second-order valence-corrected chi connectivity index (χ2v) is 7.82. The first-order chi connectivity index (χ1) is 14.8. The van der Waals surface area contributed by atoms with E-state index >= 15 is 0 Å². The number of hydrogen-bond acceptors (Lipinski definition) is 5. The minimum atomic E-state index is -0.735. The molecule has 2 aromatic rings. The molecule has 31 heavy (non-hydrogen) atoms. The Hall–Kier alpha value is -2.64. The number of rotatable bonds is 6. The standard InChI is InChI=1S/C22H24Cl2N2O5/c1-14(31-19-6-4-5-18(23)20(19)24)21(27)25-7-9-26(10-8-25)22(28)15-11-16(29-2)13-17(12-15)30-3/h4-6,11-14H,7-10H2,1-3H3. The van der Waals surface area contributed by atoms with Crippen LogP contribution in [0.2, 0.25) is 10.0 Å². The first-order valence-corrected chi connectivity index (χ1v) is 10.5. The summed E-state index contributed by atoms with van der Waals surface area (Å²) in [7, 11) is 3.07. The SMILES string of the molecule is COc1cc(OC)cc(C(=O)N2CCN(C(=O)C(C)Oc3cccc(Cl)c3Cl)CC2)c1. The van der Waals surface area contributed by atoms with E-state index in [2.05, 4.69) is 0 Å². The fraction of sp³-hybridized carbons (Fsp3) is 0.364. The lowest BCUT2D eigenvalue weighted by atomic mass is 10.1. The Morgan fingerprint density at radius 1 is 0.935 bits per heavy atom. The smallest absolute Gasteiger partial charge is 0.263 e. The van der Waals surface area contributed by atoms with E-state index in [4.69, 9.17) is 37.4 Å². The van der Waals surface area contributed by atoms with Crippen molar-refractivity contribution in [2.45, 2.75) is 13.0 Å². The van der Waals surface area contributed by atoms with Crippen LogP contribution < -0.4 is 14.2 Å². The first-order valence-electron chi connectivity index (χ1n) is 9.76. The zero-order chi connectivity index (χ0) is 22.5. The molecule has 0 radical (unpaired) electrons. The Morgan fingerprint density at radius 2 is 1.52 bits per heavy atom. The van der Waals surface area contributed by atoms with Gasteiger partial charge in [0.1, 0.15) is 22.3 Å². The fourth-order valence-corrected chi connectivity index (χ4v) is 3.65. The Bertz CT molecular complexity index is 939. The molecule has 2 aromatic carbocycles. The number of piperazine rings is 1. The number of carbonyl (C=O) groups excluding carboxylic acids is 2. The molecular weight excluding hydrogens is 443 g/mol. The highest BCUT2D eigenvalue weighted by atomic mass is 35.5. The van der Waals surface area contributed by atoms with Gasteiger partial charge in [-0.05, 0) is 31.2 Å². The molecule has 7 nitrogen and oxygen atoms in total. The van der Waals surface area contributed by atoms with Gasteiger partial charge in [0.2, 0.25) is 0 Å².